The highest BCUT2D eigenvalue weighted by molar-refractivity contribution is 7.99. The third-order valence-electron chi connectivity index (χ3n) is 4.52. The molecule has 3 aromatic rings. The van der Waals surface area contributed by atoms with Crippen LogP contribution in [-0.4, -0.2) is 46.1 Å². The zero-order valence-electron chi connectivity index (χ0n) is 17.9. The maximum absolute atomic E-state index is 12.3. The van der Waals surface area contributed by atoms with Gasteiger partial charge in [-0.05, 0) is 48.6 Å². The Bertz CT molecular complexity index is 1100. The third-order valence-corrected chi connectivity index (χ3v) is 6.61. The summed E-state index contributed by atoms with van der Waals surface area (Å²) in [6.07, 6.45) is 1.47. The maximum atomic E-state index is 12.3. The van der Waals surface area contributed by atoms with E-state index >= 15 is 0 Å². The highest BCUT2D eigenvalue weighted by Gasteiger charge is 2.17. The topological polar surface area (TPSA) is 95.3 Å². The van der Waals surface area contributed by atoms with E-state index in [-0.39, 0.29) is 11.7 Å². The van der Waals surface area contributed by atoms with Crippen LogP contribution < -0.4 is 10.1 Å². The number of anilines is 1. The second-order valence-electron chi connectivity index (χ2n) is 6.81. The Kier molecular flexibility index (Phi) is 8.54. The number of carbonyl (C=O) groups is 2. The first-order chi connectivity index (χ1) is 15.4. The van der Waals surface area contributed by atoms with E-state index in [1.807, 2.05) is 30.7 Å². The van der Waals surface area contributed by atoms with Gasteiger partial charge in [0.15, 0.2) is 5.16 Å². The molecule has 11 heteroatoms. The minimum atomic E-state index is -0.484. The number of thioether (sulfide) groups is 1. The smallest absolute Gasteiger partial charge is 0.340 e. The number of nitrogens with zero attached hydrogens (tertiary/aromatic N) is 3. The molecule has 1 N–H and O–H groups in total. The first kappa shape index (κ1) is 24.1. The maximum Gasteiger partial charge on any atom is 0.340 e. The average molecular weight is 495 g/mol. The Morgan fingerprint density at radius 3 is 2.84 bits per heavy atom. The van der Waals surface area contributed by atoms with Crippen LogP contribution in [0.25, 0.3) is 0 Å². The molecule has 3 rings (SSSR count). The molecule has 2 heterocycles. The van der Waals surface area contributed by atoms with Gasteiger partial charge in [-0.15, -0.1) is 21.5 Å². The second-order valence-corrected chi connectivity index (χ2v) is 9.11. The number of hydrogen-bond donors (Lipinski definition) is 1. The van der Waals surface area contributed by atoms with E-state index in [9.17, 15) is 9.59 Å². The number of methoxy groups -OCH3 is 1. The molecule has 0 fully saturated rings. The van der Waals surface area contributed by atoms with Gasteiger partial charge in [0, 0.05) is 18.5 Å². The molecule has 8 nitrogen and oxygen atoms in total. The van der Waals surface area contributed by atoms with Gasteiger partial charge < -0.3 is 19.4 Å². The van der Waals surface area contributed by atoms with Gasteiger partial charge in [-0.1, -0.05) is 23.4 Å². The molecule has 0 spiro atoms. The molecule has 2 aromatic heterocycles. The lowest BCUT2D eigenvalue weighted by atomic mass is 10.2. The van der Waals surface area contributed by atoms with Crippen molar-refractivity contribution in [2.45, 2.75) is 24.9 Å². The van der Waals surface area contributed by atoms with Crippen LogP contribution in [0, 0.1) is 6.92 Å². The third kappa shape index (κ3) is 6.24. The van der Waals surface area contributed by atoms with Gasteiger partial charge in [-0.2, -0.15) is 0 Å². The standard InChI is InChI=1S/C21H23ClN4O4S2/c1-13-11-14(22)6-7-16(13)30-9-4-5-17-24-25-21(26(17)2)32-12-18(27)23-19-15(8-10-31-19)20(28)29-3/h6-8,10-11H,4-5,9,12H2,1-3H3,(H,23,27). The summed E-state index contributed by atoms with van der Waals surface area (Å²) >= 11 is 8.51. The van der Waals surface area contributed by atoms with Crippen LogP contribution in [0.1, 0.15) is 28.2 Å². The number of aromatic nitrogens is 3. The second kappa shape index (κ2) is 11.3. The number of rotatable bonds is 10. The molecule has 0 aliphatic carbocycles. The van der Waals surface area contributed by atoms with Crippen molar-refractivity contribution in [1.82, 2.24) is 14.8 Å². The molecule has 0 bridgehead atoms. The quantitative estimate of drug-likeness (QED) is 0.254. The molecule has 0 atom stereocenters. The summed E-state index contributed by atoms with van der Waals surface area (Å²) in [5, 5.41) is 14.7. The van der Waals surface area contributed by atoms with Crippen molar-refractivity contribution >= 4 is 51.6 Å². The number of hydrogen-bond acceptors (Lipinski definition) is 8. The van der Waals surface area contributed by atoms with Gasteiger partial charge in [-0.25, -0.2) is 4.79 Å². The van der Waals surface area contributed by atoms with Gasteiger partial charge in [0.1, 0.15) is 16.6 Å². The normalized spacial score (nSPS) is 10.8. The summed E-state index contributed by atoms with van der Waals surface area (Å²) in [6.45, 7) is 2.50. The number of halogens is 1. The number of thiophene rings is 1. The van der Waals surface area contributed by atoms with Crippen molar-refractivity contribution in [2.24, 2.45) is 7.05 Å². The molecule has 0 aliphatic heterocycles. The number of ether oxygens (including phenoxy) is 2. The van der Waals surface area contributed by atoms with Gasteiger partial charge in [-0.3, -0.25) is 4.79 Å². The Labute approximate surface area is 199 Å². The van der Waals surface area contributed by atoms with Crippen molar-refractivity contribution in [3.05, 3.63) is 51.6 Å². The summed E-state index contributed by atoms with van der Waals surface area (Å²) in [6, 6.07) is 7.16. The van der Waals surface area contributed by atoms with Crippen molar-refractivity contribution in [3.63, 3.8) is 0 Å². The number of nitrogens with one attached hydrogen (secondary N) is 1. The van der Waals surface area contributed by atoms with Gasteiger partial charge >= 0.3 is 5.97 Å². The predicted octanol–water partition coefficient (Wildman–Crippen LogP) is 4.37. The molecule has 0 aliphatic rings. The lowest BCUT2D eigenvalue weighted by molar-refractivity contribution is -0.113. The van der Waals surface area contributed by atoms with Crippen LogP contribution >= 0.6 is 34.7 Å². The van der Waals surface area contributed by atoms with E-state index in [0.717, 1.165) is 23.6 Å². The molecular weight excluding hydrogens is 472 g/mol. The van der Waals surface area contributed by atoms with E-state index in [1.54, 1.807) is 17.5 Å². The first-order valence-electron chi connectivity index (χ1n) is 9.74. The van der Waals surface area contributed by atoms with Crippen LogP contribution in [0.15, 0.2) is 34.8 Å². The van der Waals surface area contributed by atoms with Crippen molar-refractivity contribution < 1.29 is 19.1 Å². The number of esters is 1. The monoisotopic (exact) mass is 494 g/mol. The highest BCUT2D eigenvalue weighted by Crippen LogP contribution is 2.25. The van der Waals surface area contributed by atoms with Crippen LogP contribution in [0.5, 0.6) is 5.75 Å². The van der Waals surface area contributed by atoms with Crippen molar-refractivity contribution in [3.8, 4) is 5.75 Å². The summed E-state index contributed by atoms with van der Waals surface area (Å²) in [4.78, 5) is 24.0. The predicted molar refractivity (Wildman–Crippen MR) is 126 cm³/mol. The number of benzene rings is 1. The van der Waals surface area contributed by atoms with Crippen LogP contribution in [-0.2, 0) is 23.0 Å². The lowest BCUT2D eigenvalue weighted by Gasteiger charge is -2.09. The molecule has 1 aromatic carbocycles. The molecule has 0 radical (unpaired) electrons. The first-order valence-corrected chi connectivity index (χ1v) is 12.0. The van der Waals surface area contributed by atoms with E-state index in [4.69, 9.17) is 21.1 Å². The van der Waals surface area contributed by atoms with Crippen molar-refractivity contribution in [2.75, 3.05) is 24.8 Å². The molecule has 32 heavy (non-hydrogen) atoms. The fourth-order valence-corrected chi connectivity index (χ4v) is 4.59. The SMILES string of the molecule is COC(=O)c1ccsc1NC(=O)CSc1nnc(CCCOc2ccc(Cl)cc2C)n1C. The van der Waals surface area contributed by atoms with Gasteiger partial charge in [0.2, 0.25) is 5.91 Å². The summed E-state index contributed by atoms with van der Waals surface area (Å²) in [7, 11) is 3.17. The summed E-state index contributed by atoms with van der Waals surface area (Å²) in [5.74, 6) is 1.05. The van der Waals surface area contributed by atoms with Crippen LogP contribution in [0.4, 0.5) is 5.00 Å². The zero-order chi connectivity index (χ0) is 23.1. The molecule has 170 valence electrons. The van der Waals surface area contributed by atoms with Gasteiger partial charge in [0.25, 0.3) is 0 Å². The van der Waals surface area contributed by atoms with Crippen LogP contribution in [0.3, 0.4) is 0 Å². The Hall–Kier alpha value is -2.56. The van der Waals surface area contributed by atoms with Gasteiger partial charge in [0.05, 0.1) is 25.0 Å². The fraction of sp³-hybridized carbons (Fsp3) is 0.333. The molecule has 0 saturated heterocycles. The molecular formula is C21H23ClN4O4S2. The number of aryl methyl sites for hydroxylation is 2. The molecule has 1 amide bonds. The summed E-state index contributed by atoms with van der Waals surface area (Å²) < 4.78 is 12.4. The Morgan fingerprint density at radius 1 is 1.28 bits per heavy atom. The van der Waals surface area contributed by atoms with E-state index < -0.39 is 5.97 Å². The Morgan fingerprint density at radius 2 is 2.09 bits per heavy atom. The largest absolute Gasteiger partial charge is 0.493 e. The Balaban J connectivity index is 1.46. The number of carbonyl (C=O) groups excluding carboxylic acids is 2. The molecule has 0 saturated carbocycles. The van der Waals surface area contributed by atoms with Crippen LogP contribution in [0.2, 0.25) is 5.02 Å². The van der Waals surface area contributed by atoms with E-state index in [1.165, 1.54) is 30.2 Å². The van der Waals surface area contributed by atoms with Crippen molar-refractivity contribution in [1.29, 1.82) is 0 Å². The zero-order valence-corrected chi connectivity index (χ0v) is 20.3. The molecule has 0 unspecified atom stereocenters. The average Bonchev–Trinajstić information content (AvgIpc) is 3.37. The minimum Gasteiger partial charge on any atom is -0.493 e. The fourth-order valence-electron chi connectivity index (χ4n) is 2.85. The van der Waals surface area contributed by atoms with E-state index in [2.05, 4.69) is 15.5 Å². The minimum absolute atomic E-state index is 0.142. The highest BCUT2D eigenvalue weighted by atomic mass is 35.5. The lowest BCUT2D eigenvalue weighted by Crippen LogP contribution is -2.16. The number of amides is 1. The van der Waals surface area contributed by atoms with E-state index in [0.29, 0.717) is 33.8 Å². The summed E-state index contributed by atoms with van der Waals surface area (Å²) in [5.41, 5.74) is 1.34.